The zero-order valence-electron chi connectivity index (χ0n) is 17.4. The Balaban J connectivity index is 1.63. The number of allylic oxidation sites excluding steroid dienone is 6. The van der Waals surface area contributed by atoms with E-state index >= 15 is 0 Å². The largest absolute Gasteiger partial charge is 0.493 e. The Morgan fingerprint density at radius 3 is 2.68 bits per heavy atom. The molecule has 1 heterocycles. The number of hydrogen-bond acceptors (Lipinski definition) is 5. The predicted octanol–water partition coefficient (Wildman–Crippen LogP) is 4.91. The van der Waals surface area contributed by atoms with Crippen molar-refractivity contribution in [3.8, 4) is 11.5 Å². The van der Waals surface area contributed by atoms with E-state index in [-0.39, 0.29) is 5.91 Å². The third kappa shape index (κ3) is 4.43. The van der Waals surface area contributed by atoms with Crippen LogP contribution in [0.1, 0.15) is 22.5 Å². The topological polar surface area (TPSA) is 72.5 Å². The lowest BCUT2D eigenvalue weighted by atomic mass is 10.1. The van der Waals surface area contributed by atoms with Crippen LogP contribution in [0.2, 0.25) is 0 Å². The molecule has 0 aliphatic heterocycles. The molecule has 2 N–H and O–H groups in total. The lowest BCUT2D eigenvalue weighted by Crippen LogP contribution is -2.29. The summed E-state index contributed by atoms with van der Waals surface area (Å²) in [6.45, 7) is 0. The number of nitrogens with one attached hydrogen (secondary N) is 2. The minimum absolute atomic E-state index is 0.292. The summed E-state index contributed by atoms with van der Waals surface area (Å²) in [6.07, 6.45) is 11.2. The van der Waals surface area contributed by atoms with Gasteiger partial charge in [-0.05, 0) is 42.3 Å². The number of amides is 1. The summed E-state index contributed by atoms with van der Waals surface area (Å²) in [5.74, 6) is 0.766. The molecular weight excluding hydrogens is 390 g/mol. The second-order valence-electron chi connectivity index (χ2n) is 6.91. The summed E-state index contributed by atoms with van der Waals surface area (Å²) >= 11 is 0. The van der Waals surface area contributed by atoms with Crippen LogP contribution in [0.5, 0.6) is 11.5 Å². The molecule has 0 radical (unpaired) electrons. The fourth-order valence-electron chi connectivity index (χ4n) is 3.35. The molecule has 0 atom stereocenters. The summed E-state index contributed by atoms with van der Waals surface area (Å²) in [5.41, 5.74) is 9.72. The van der Waals surface area contributed by atoms with Gasteiger partial charge in [-0.25, -0.2) is 4.98 Å². The Bertz CT molecular complexity index is 1210. The molecule has 6 nitrogen and oxygen atoms in total. The quantitative estimate of drug-likeness (QED) is 0.562. The first-order valence-electron chi connectivity index (χ1n) is 9.91. The van der Waals surface area contributed by atoms with Crippen molar-refractivity contribution in [1.82, 2.24) is 10.4 Å². The summed E-state index contributed by atoms with van der Waals surface area (Å²) in [5, 5.41) is 0.910. The van der Waals surface area contributed by atoms with Crippen LogP contribution in [0, 0.1) is 0 Å². The van der Waals surface area contributed by atoms with E-state index in [1.54, 1.807) is 25.3 Å². The highest BCUT2D eigenvalue weighted by Gasteiger charge is 2.12. The van der Waals surface area contributed by atoms with E-state index in [9.17, 15) is 4.79 Å². The Labute approximate surface area is 180 Å². The molecule has 1 aromatic heterocycles. The number of anilines is 1. The minimum atomic E-state index is -0.292. The van der Waals surface area contributed by atoms with E-state index in [2.05, 4.69) is 29.1 Å². The van der Waals surface area contributed by atoms with Gasteiger partial charge >= 0.3 is 0 Å². The second kappa shape index (κ2) is 9.17. The number of para-hydroxylation sites is 1. The number of nitrogens with zero attached hydrogens (tertiary/aromatic N) is 1. The highest BCUT2D eigenvalue weighted by Crippen LogP contribution is 2.29. The smallest absolute Gasteiger partial charge is 0.269 e. The minimum Gasteiger partial charge on any atom is -0.493 e. The van der Waals surface area contributed by atoms with Gasteiger partial charge in [0.15, 0.2) is 11.5 Å². The molecule has 0 saturated carbocycles. The first kappa shape index (κ1) is 20.2. The van der Waals surface area contributed by atoms with Gasteiger partial charge in [0, 0.05) is 10.9 Å². The third-order valence-electron chi connectivity index (χ3n) is 4.95. The van der Waals surface area contributed by atoms with Crippen LogP contribution < -0.4 is 20.3 Å². The highest BCUT2D eigenvalue weighted by molar-refractivity contribution is 5.98. The fraction of sp³-hybridized carbons (Fsp3) is 0.120. The molecular formula is C25H23N3O3. The van der Waals surface area contributed by atoms with Crippen molar-refractivity contribution in [2.75, 3.05) is 19.6 Å². The van der Waals surface area contributed by atoms with Crippen LogP contribution in [0.3, 0.4) is 0 Å². The molecule has 6 heteroatoms. The molecule has 3 aromatic rings. The van der Waals surface area contributed by atoms with Gasteiger partial charge in [0.1, 0.15) is 0 Å². The van der Waals surface area contributed by atoms with Gasteiger partial charge in [-0.1, -0.05) is 48.6 Å². The molecule has 0 saturated heterocycles. The number of ether oxygens (including phenoxy) is 2. The fourth-order valence-corrected chi connectivity index (χ4v) is 3.35. The molecule has 2 aromatic carbocycles. The summed E-state index contributed by atoms with van der Waals surface area (Å²) in [7, 11) is 3.09. The molecule has 1 amide bonds. The summed E-state index contributed by atoms with van der Waals surface area (Å²) in [4.78, 5) is 17.5. The predicted molar refractivity (Wildman–Crippen MR) is 123 cm³/mol. The van der Waals surface area contributed by atoms with Gasteiger partial charge < -0.3 is 9.47 Å². The Kier molecular flexibility index (Phi) is 5.98. The normalized spacial score (nSPS) is 12.8. The zero-order valence-corrected chi connectivity index (χ0v) is 17.4. The zero-order chi connectivity index (χ0) is 21.6. The maximum Gasteiger partial charge on any atom is 0.269 e. The average Bonchev–Trinajstić information content (AvgIpc) is 3.11. The van der Waals surface area contributed by atoms with Crippen LogP contribution in [0.15, 0.2) is 78.9 Å². The SMILES string of the molecule is COc1ccc(C(=O)NNc2cc(C3=CC=CCC=C3)nc3ccccc23)cc1OC. The maximum atomic E-state index is 12.7. The van der Waals surface area contributed by atoms with Crippen molar-refractivity contribution in [2.24, 2.45) is 0 Å². The van der Waals surface area contributed by atoms with E-state index in [1.165, 1.54) is 7.11 Å². The number of aromatic nitrogens is 1. The van der Waals surface area contributed by atoms with Crippen molar-refractivity contribution in [1.29, 1.82) is 0 Å². The first-order chi connectivity index (χ1) is 15.2. The van der Waals surface area contributed by atoms with E-state index < -0.39 is 0 Å². The van der Waals surface area contributed by atoms with Gasteiger partial charge in [0.25, 0.3) is 5.91 Å². The van der Waals surface area contributed by atoms with Gasteiger partial charge in [-0.2, -0.15) is 0 Å². The van der Waals surface area contributed by atoms with Gasteiger partial charge in [0.2, 0.25) is 0 Å². The molecule has 156 valence electrons. The summed E-state index contributed by atoms with van der Waals surface area (Å²) in [6, 6.07) is 14.8. The number of rotatable bonds is 6. The lowest BCUT2D eigenvalue weighted by Gasteiger charge is -2.14. The standard InChI is InChI=1S/C25H23N3O3/c1-30-23-14-13-18(15-24(23)31-2)25(29)28-27-22-16-21(17-9-5-3-4-6-10-17)26-20-12-8-7-11-19(20)22/h3,5-16H,4H2,1-2H3,(H,26,27)(H,28,29). The molecule has 0 bridgehead atoms. The van der Waals surface area contributed by atoms with E-state index in [0.717, 1.165) is 34.3 Å². The molecule has 1 aliphatic rings. The van der Waals surface area contributed by atoms with Crippen LogP contribution in [0.4, 0.5) is 5.69 Å². The van der Waals surface area contributed by atoms with E-state index in [4.69, 9.17) is 14.5 Å². The van der Waals surface area contributed by atoms with Crippen molar-refractivity contribution < 1.29 is 14.3 Å². The Morgan fingerprint density at radius 1 is 1.00 bits per heavy atom. The maximum absolute atomic E-state index is 12.7. The van der Waals surface area contributed by atoms with Crippen LogP contribution in [-0.2, 0) is 0 Å². The van der Waals surface area contributed by atoms with Crippen molar-refractivity contribution in [3.05, 3.63) is 90.2 Å². The number of methoxy groups -OCH3 is 2. The lowest BCUT2D eigenvalue weighted by molar-refractivity contribution is 0.0962. The molecule has 31 heavy (non-hydrogen) atoms. The van der Waals surface area contributed by atoms with Crippen molar-refractivity contribution >= 4 is 28.1 Å². The van der Waals surface area contributed by atoms with Gasteiger partial charge in [-0.15, -0.1) is 0 Å². The molecule has 1 aliphatic carbocycles. The van der Waals surface area contributed by atoms with Crippen LogP contribution >= 0.6 is 0 Å². The summed E-state index contributed by atoms with van der Waals surface area (Å²) < 4.78 is 10.5. The molecule has 4 rings (SSSR count). The monoisotopic (exact) mass is 413 g/mol. The number of benzene rings is 2. The number of carbonyl (C=O) groups excluding carboxylic acids is 1. The molecule has 0 spiro atoms. The average molecular weight is 413 g/mol. The second-order valence-corrected chi connectivity index (χ2v) is 6.91. The number of hydrazine groups is 1. The van der Waals surface area contributed by atoms with Crippen LogP contribution in [-0.4, -0.2) is 25.1 Å². The molecule has 0 unspecified atom stereocenters. The number of fused-ring (bicyclic) bond motifs is 1. The number of hydrogen-bond donors (Lipinski definition) is 2. The third-order valence-corrected chi connectivity index (χ3v) is 4.95. The van der Waals surface area contributed by atoms with Crippen LogP contribution in [0.25, 0.3) is 16.5 Å². The molecule has 0 fully saturated rings. The number of pyridine rings is 1. The van der Waals surface area contributed by atoms with Gasteiger partial charge in [0.05, 0.1) is 31.1 Å². The highest BCUT2D eigenvalue weighted by atomic mass is 16.5. The van der Waals surface area contributed by atoms with Crippen molar-refractivity contribution in [2.45, 2.75) is 6.42 Å². The van der Waals surface area contributed by atoms with Gasteiger partial charge in [-0.3, -0.25) is 15.6 Å². The van der Waals surface area contributed by atoms with E-state index in [0.29, 0.717) is 17.1 Å². The Hall–Kier alpha value is -4.06. The van der Waals surface area contributed by atoms with Crippen molar-refractivity contribution in [3.63, 3.8) is 0 Å². The van der Waals surface area contributed by atoms with E-state index in [1.807, 2.05) is 42.5 Å². The first-order valence-corrected chi connectivity index (χ1v) is 9.91. The Morgan fingerprint density at radius 2 is 1.84 bits per heavy atom. The number of carbonyl (C=O) groups is 1.